The topological polar surface area (TPSA) is 43.4 Å². The van der Waals surface area contributed by atoms with Crippen LogP contribution in [0.2, 0.25) is 19.6 Å². The minimum Gasteiger partial charge on any atom is -0.386 e. The Labute approximate surface area is 89.1 Å². The number of esters is 2. The third-order valence-electron chi connectivity index (χ3n) is 2.51. The second kappa shape index (κ2) is 3.03. The molecule has 1 aromatic carbocycles. The van der Waals surface area contributed by atoms with Gasteiger partial charge in [-0.2, -0.15) is 0 Å². The van der Waals surface area contributed by atoms with Gasteiger partial charge in [0.2, 0.25) is 0 Å². The summed E-state index contributed by atoms with van der Waals surface area (Å²) in [5.41, 5.74) is 0.807. The predicted molar refractivity (Wildman–Crippen MR) is 59.2 cm³/mol. The standard InChI is InChI=1S/C11H12O3Si/c1-15(2,3)7-4-5-8-9(6-7)11(13)14-10(8)12/h4-6H,1-3H3. The van der Waals surface area contributed by atoms with Gasteiger partial charge in [-0.25, -0.2) is 9.59 Å². The zero-order valence-corrected chi connectivity index (χ0v) is 9.96. The molecule has 2 rings (SSSR count). The highest BCUT2D eigenvalue weighted by Crippen LogP contribution is 2.19. The van der Waals surface area contributed by atoms with Crippen LogP contribution < -0.4 is 5.19 Å². The highest BCUT2D eigenvalue weighted by Gasteiger charge is 2.31. The molecule has 0 saturated heterocycles. The smallest absolute Gasteiger partial charge is 0.346 e. The molecule has 1 aliphatic rings. The molecule has 1 aromatic rings. The van der Waals surface area contributed by atoms with E-state index in [0.717, 1.165) is 5.19 Å². The number of benzene rings is 1. The van der Waals surface area contributed by atoms with Gasteiger partial charge in [-0.05, 0) is 12.1 Å². The molecule has 3 nitrogen and oxygen atoms in total. The number of ether oxygens (including phenoxy) is 1. The molecule has 0 aliphatic carbocycles. The molecule has 0 aromatic heterocycles. The molecule has 0 unspecified atom stereocenters. The van der Waals surface area contributed by atoms with E-state index in [2.05, 4.69) is 24.4 Å². The van der Waals surface area contributed by atoms with Crippen LogP contribution in [0.4, 0.5) is 0 Å². The summed E-state index contributed by atoms with van der Waals surface area (Å²) >= 11 is 0. The van der Waals surface area contributed by atoms with Gasteiger partial charge in [0.05, 0.1) is 19.2 Å². The maximum absolute atomic E-state index is 11.3. The minimum atomic E-state index is -1.45. The maximum Gasteiger partial charge on any atom is 0.346 e. The number of carbonyl (C=O) groups is 2. The van der Waals surface area contributed by atoms with E-state index in [4.69, 9.17) is 0 Å². The van der Waals surface area contributed by atoms with Crippen molar-refractivity contribution in [3.05, 3.63) is 29.3 Å². The van der Waals surface area contributed by atoms with Crippen molar-refractivity contribution < 1.29 is 14.3 Å². The Balaban J connectivity index is 2.57. The van der Waals surface area contributed by atoms with Gasteiger partial charge in [0.25, 0.3) is 0 Å². The van der Waals surface area contributed by atoms with E-state index in [1.807, 2.05) is 6.07 Å². The molecular weight excluding hydrogens is 208 g/mol. The van der Waals surface area contributed by atoms with Gasteiger partial charge in [0.1, 0.15) is 0 Å². The van der Waals surface area contributed by atoms with Crippen molar-refractivity contribution >= 4 is 25.2 Å². The van der Waals surface area contributed by atoms with E-state index >= 15 is 0 Å². The summed E-state index contributed by atoms with van der Waals surface area (Å²) < 4.78 is 4.54. The van der Waals surface area contributed by atoms with Gasteiger partial charge < -0.3 is 4.74 Å². The number of hydrogen-bond acceptors (Lipinski definition) is 3. The molecule has 4 heteroatoms. The SMILES string of the molecule is C[Si](C)(C)c1ccc2c(c1)C(=O)OC2=O. The van der Waals surface area contributed by atoms with Crippen LogP contribution >= 0.6 is 0 Å². The van der Waals surface area contributed by atoms with E-state index in [9.17, 15) is 9.59 Å². The summed E-state index contributed by atoms with van der Waals surface area (Å²) in [5.74, 6) is -1.05. The number of hydrogen-bond donors (Lipinski definition) is 0. The fraction of sp³-hybridized carbons (Fsp3) is 0.273. The Kier molecular flexibility index (Phi) is 2.04. The number of fused-ring (bicyclic) bond motifs is 1. The van der Waals surface area contributed by atoms with Crippen LogP contribution in [0.15, 0.2) is 18.2 Å². The summed E-state index contributed by atoms with van der Waals surface area (Å²) in [6, 6.07) is 5.41. The van der Waals surface area contributed by atoms with Gasteiger partial charge in [-0.3, -0.25) is 0 Å². The highest BCUT2D eigenvalue weighted by atomic mass is 28.3. The highest BCUT2D eigenvalue weighted by molar-refractivity contribution is 6.88. The van der Waals surface area contributed by atoms with Crippen molar-refractivity contribution in [1.82, 2.24) is 0 Å². The monoisotopic (exact) mass is 220 g/mol. The minimum absolute atomic E-state index is 0.391. The Morgan fingerprint density at radius 3 is 2.20 bits per heavy atom. The second-order valence-corrected chi connectivity index (χ2v) is 9.76. The normalized spacial score (nSPS) is 15.1. The van der Waals surface area contributed by atoms with Crippen LogP contribution in [0.25, 0.3) is 0 Å². The Hall–Kier alpha value is -1.42. The van der Waals surface area contributed by atoms with Crippen molar-refractivity contribution in [2.45, 2.75) is 19.6 Å². The largest absolute Gasteiger partial charge is 0.386 e. The first-order valence-corrected chi connectivity index (χ1v) is 8.30. The second-order valence-electron chi connectivity index (χ2n) is 4.69. The summed E-state index contributed by atoms with van der Waals surface area (Å²) in [6.07, 6.45) is 0. The first-order valence-electron chi connectivity index (χ1n) is 4.80. The molecular formula is C11H12O3Si. The maximum atomic E-state index is 11.3. The van der Waals surface area contributed by atoms with E-state index < -0.39 is 20.0 Å². The van der Waals surface area contributed by atoms with Crippen molar-refractivity contribution in [3.8, 4) is 0 Å². The van der Waals surface area contributed by atoms with Crippen LogP contribution in [-0.4, -0.2) is 20.0 Å². The van der Waals surface area contributed by atoms with E-state index in [-0.39, 0.29) is 0 Å². The van der Waals surface area contributed by atoms with Gasteiger partial charge in [0, 0.05) is 0 Å². The lowest BCUT2D eigenvalue weighted by molar-refractivity contribution is 0.0444. The van der Waals surface area contributed by atoms with Crippen LogP contribution in [0.3, 0.4) is 0 Å². The first-order chi connectivity index (χ1) is 6.89. The zero-order chi connectivity index (χ0) is 11.2. The molecule has 15 heavy (non-hydrogen) atoms. The third kappa shape index (κ3) is 1.61. The van der Waals surface area contributed by atoms with Crippen LogP contribution in [0.1, 0.15) is 20.7 Å². The van der Waals surface area contributed by atoms with E-state index in [0.29, 0.717) is 11.1 Å². The average molecular weight is 220 g/mol. The number of cyclic esters (lactones) is 2. The van der Waals surface area contributed by atoms with Crippen LogP contribution in [0.5, 0.6) is 0 Å². The lowest BCUT2D eigenvalue weighted by atomic mass is 10.1. The fourth-order valence-corrected chi connectivity index (χ4v) is 2.71. The van der Waals surface area contributed by atoms with Crippen molar-refractivity contribution in [3.63, 3.8) is 0 Å². The van der Waals surface area contributed by atoms with Gasteiger partial charge in [-0.15, -0.1) is 0 Å². The van der Waals surface area contributed by atoms with E-state index in [1.54, 1.807) is 12.1 Å². The molecule has 0 N–H and O–H groups in total. The molecule has 0 radical (unpaired) electrons. The molecule has 0 amide bonds. The molecule has 0 bridgehead atoms. The molecule has 0 spiro atoms. The van der Waals surface area contributed by atoms with Crippen molar-refractivity contribution in [2.75, 3.05) is 0 Å². The number of carbonyl (C=O) groups excluding carboxylic acids is 2. The van der Waals surface area contributed by atoms with Crippen molar-refractivity contribution in [2.24, 2.45) is 0 Å². The van der Waals surface area contributed by atoms with Crippen molar-refractivity contribution in [1.29, 1.82) is 0 Å². The molecule has 1 heterocycles. The Bertz CT molecular complexity index is 457. The summed E-state index contributed by atoms with van der Waals surface area (Å²) in [5, 5.41) is 1.16. The van der Waals surface area contributed by atoms with E-state index in [1.165, 1.54) is 0 Å². The van der Waals surface area contributed by atoms with Gasteiger partial charge >= 0.3 is 11.9 Å². The summed E-state index contributed by atoms with van der Waals surface area (Å²) in [4.78, 5) is 22.5. The predicted octanol–water partition coefficient (Wildman–Crippen LogP) is 1.54. The van der Waals surface area contributed by atoms with Gasteiger partial charge in [0.15, 0.2) is 0 Å². The van der Waals surface area contributed by atoms with Gasteiger partial charge in [-0.1, -0.05) is 30.9 Å². The summed E-state index contributed by atoms with van der Waals surface area (Å²) in [6.45, 7) is 6.57. The Morgan fingerprint density at radius 2 is 1.60 bits per heavy atom. The molecule has 0 saturated carbocycles. The zero-order valence-electron chi connectivity index (χ0n) is 8.96. The average Bonchev–Trinajstić information content (AvgIpc) is 2.41. The van der Waals surface area contributed by atoms with Crippen LogP contribution in [0, 0.1) is 0 Å². The molecule has 0 atom stereocenters. The number of rotatable bonds is 1. The fourth-order valence-electron chi connectivity index (χ4n) is 1.55. The molecule has 78 valence electrons. The summed E-state index contributed by atoms with van der Waals surface area (Å²) in [7, 11) is -1.45. The molecule has 1 aliphatic heterocycles. The molecule has 0 fully saturated rings. The third-order valence-corrected chi connectivity index (χ3v) is 4.55. The Morgan fingerprint density at radius 1 is 1.00 bits per heavy atom. The van der Waals surface area contributed by atoms with Crippen LogP contribution in [-0.2, 0) is 4.74 Å². The first kappa shape index (κ1) is 10.1. The lowest BCUT2D eigenvalue weighted by Gasteiger charge is -2.16. The quantitative estimate of drug-likeness (QED) is 0.409. The lowest BCUT2D eigenvalue weighted by Crippen LogP contribution is -2.37.